The Morgan fingerprint density at radius 2 is 1.96 bits per heavy atom. The van der Waals surface area contributed by atoms with E-state index in [9.17, 15) is 9.90 Å². The van der Waals surface area contributed by atoms with Crippen molar-refractivity contribution in [3.8, 4) is 0 Å². The number of rotatable bonds is 5. The highest BCUT2D eigenvalue weighted by Gasteiger charge is 2.47. The molecule has 1 amide bonds. The first-order chi connectivity index (χ1) is 12.0. The normalized spacial score (nSPS) is 21.4. The standard InChI is InChI=1S/C22H33NO2/c1-4-17(13-24)21(25)23-14-22(15-23)10-8-18(9-11-22)20-7-5-6-19(12-20)16(2)3/h5-7,12,16-18,24H,4,8-11,13-15H2,1-3H3/t17-/m1/s1. The third-order valence-electron chi connectivity index (χ3n) is 6.52. The van der Waals surface area contributed by atoms with Crippen molar-refractivity contribution in [2.45, 2.75) is 64.7 Å². The van der Waals surface area contributed by atoms with Crippen molar-refractivity contribution in [2.75, 3.05) is 19.7 Å². The molecule has 1 atom stereocenters. The second kappa shape index (κ2) is 7.49. The van der Waals surface area contributed by atoms with Crippen LogP contribution in [0.1, 0.15) is 75.8 Å². The second-order valence-corrected chi connectivity index (χ2v) is 8.58. The molecule has 0 unspecified atom stereocenters. The lowest BCUT2D eigenvalue weighted by Crippen LogP contribution is -2.60. The van der Waals surface area contributed by atoms with E-state index in [4.69, 9.17) is 0 Å². The molecule has 3 rings (SSSR count). The van der Waals surface area contributed by atoms with E-state index < -0.39 is 0 Å². The molecule has 2 aliphatic rings. The molecule has 138 valence electrons. The minimum atomic E-state index is -0.201. The number of carbonyl (C=O) groups excluding carboxylic acids is 1. The SMILES string of the molecule is CC[C@H](CO)C(=O)N1CC2(CCC(c3cccc(C(C)C)c3)CC2)C1. The fraction of sp³-hybridized carbons (Fsp3) is 0.682. The Morgan fingerprint density at radius 1 is 1.28 bits per heavy atom. The van der Waals surface area contributed by atoms with Crippen LogP contribution in [0.2, 0.25) is 0 Å². The summed E-state index contributed by atoms with van der Waals surface area (Å²) in [5, 5.41) is 9.34. The van der Waals surface area contributed by atoms with Gasteiger partial charge in [-0.25, -0.2) is 0 Å². The van der Waals surface area contributed by atoms with Gasteiger partial charge in [0, 0.05) is 18.5 Å². The highest BCUT2D eigenvalue weighted by Crippen LogP contribution is 2.48. The molecule has 1 aromatic rings. The van der Waals surface area contributed by atoms with E-state index in [1.165, 1.54) is 36.8 Å². The van der Waals surface area contributed by atoms with E-state index in [0.717, 1.165) is 19.5 Å². The van der Waals surface area contributed by atoms with Gasteiger partial charge in [-0.2, -0.15) is 0 Å². The average molecular weight is 344 g/mol. The molecule has 1 spiro atoms. The van der Waals surface area contributed by atoms with E-state index in [1.54, 1.807) is 0 Å². The Hall–Kier alpha value is -1.35. The minimum Gasteiger partial charge on any atom is -0.396 e. The summed E-state index contributed by atoms with van der Waals surface area (Å²) in [6.07, 6.45) is 5.65. The van der Waals surface area contributed by atoms with Gasteiger partial charge in [-0.1, -0.05) is 45.0 Å². The maximum atomic E-state index is 12.4. The summed E-state index contributed by atoms with van der Waals surface area (Å²) in [7, 11) is 0. The Morgan fingerprint density at radius 3 is 2.52 bits per heavy atom. The molecule has 1 heterocycles. The van der Waals surface area contributed by atoms with Gasteiger partial charge in [-0.05, 0) is 55.1 Å². The molecule has 1 aliphatic carbocycles. The molecule has 1 saturated heterocycles. The summed E-state index contributed by atoms with van der Waals surface area (Å²) in [5.74, 6) is 1.21. The van der Waals surface area contributed by atoms with E-state index in [1.807, 2.05) is 11.8 Å². The van der Waals surface area contributed by atoms with Crippen molar-refractivity contribution < 1.29 is 9.90 Å². The quantitative estimate of drug-likeness (QED) is 0.865. The van der Waals surface area contributed by atoms with Crippen molar-refractivity contribution in [3.63, 3.8) is 0 Å². The average Bonchev–Trinajstić information content (AvgIpc) is 2.60. The van der Waals surface area contributed by atoms with Crippen LogP contribution in [-0.2, 0) is 4.79 Å². The highest BCUT2D eigenvalue weighted by molar-refractivity contribution is 5.80. The summed E-state index contributed by atoms with van der Waals surface area (Å²) in [5.41, 5.74) is 3.29. The fourth-order valence-corrected chi connectivity index (χ4v) is 4.61. The number of nitrogens with zero attached hydrogens (tertiary/aromatic N) is 1. The molecule has 1 saturated carbocycles. The van der Waals surface area contributed by atoms with Gasteiger partial charge in [0.2, 0.25) is 5.91 Å². The number of benzene rings is 1. The molecule has 0 bridgehead atoms. The zero-order chi connectivity index (χ0) is 18.0. The summed E-state index contributed by atoms with van der Waals surface area (Å²) in [6, 6.07) is 9.13. The zero-order valence-electron chi connectivity index (χ0n) is 16.0. The first-order valence-corrected chi connectivity index (χ1v) is 9.97. The third-order valence-corrected chi connectivity index (χ3v) is 6.52. The van der Waals surface area contributed by atoms with Gasteiger partial charge in [-0.3, -0.25) is 4.79 Å². The van der Waals surface area contributed by atoms with Crippen molar-refractivity contribution in [1.29, 1.82) is 0 Å². The van der Waals surface area contributed by atoms with Crippen LogP contribution >= 0.6 is 0 Å². The van der Waals surface area contributed by atoms with Crippen molar-refractivity contribution in [1.82, 2.24) is 4.90 Å². The summed E-state index contributed by atoms with van der Waals surface area (Å²) < 4.78 is 0. The largest absolute Gasteiger partial charge is 0.396 e. The number of carbonyl (C=O) groups is 1. The van der Waals surface area contributed by atoms with Gasteiger partial charge in [0.25, 0.3) is 0 Å². The monoisotopic (exact) mass is 343 g/mol. The Bertz CT molecular complexity index is 590. The Balaban J connectivity index is 1.55. The van der Waals surface area contributed by atoms with Gasteiger partial charge in [-0.15, -0.1) is 0 Å². The van der Waals surface area contributed by atoms with E-state index in [2.05, 4.69) is 38.1 Å². The predicted octanol–water partition coefficient (Wildman–Crippen LogP) is 4.31. The highest BCUT2D eigenvalue weighted by atomic mass is 16.3. The molecule has 2 fully saturated rings. The molecular weight excluding hydrogens is 310 g/mol. The van der Waals surface area contributed by atoms with Crippen LogP contribution in [0.5, 0.6) is 0 Å². The number of likely N-dealkylation sites (tertiary alicyclic amines) is 1. The maximum absolute atomic E-state index is 12.4. The van der Waals surface area contributed by atoms with Crippen molar-refractivity contribution in [3.05, 3.63) is 35.4 Å². The lowest BCUT2D eigenvalue weighted by Gasteiger charge is -2.54. The summed E-state index contributed by atoms with van der Waals surface area (Å²) >= 11 is 0. The summed E-state index contributed by atoms with van der Waals surface area (Å²) in [6.45, 7) is 8.27. The molecule has 25 heavy (non-hydrogen) atoms. The minimum absolute atomic E-state index is 0.0207. The molecule has 1 N–H and O–H groups in total. The Labute approximate surface area is 152 Å². The van der Waals surface area contributed by atoms with Crippen LogP contribution in [0.4, 0.5) is 0 Å². The van der Waals surface area contributed by atoms with Gasteiger partial charge >= 0.3 is 0 Å². The number of amides is 1. The number of aliphatic hydroxyl groups excluding tert-OH is 1. The van der Waals surface area contributed by atoms with Crippen LogP contribution in [-0.4, -0.2) is 35.6 Å². The smallest absolute Gasteiger partial charge is 0.228 e. The molecule has 1 aliphatic heterocycles. The van der Waals surface area contributed by atoms with Crippen LogP contribution in [0.25, 0.3) is 0 Å². The topological polar surface area (TPSA) is 40.5 Å². The lowest BCUT2D eigenvalue weighted by atomic mass is 9.64. The van der Waals surface area contributed by atoms with Crippen molar-refractivity contribution >= 4 is 5.91 Å². The Kier molecular flexibility index (Phi) is 5.52. The van der Waals surface area contributed by atoms with Gasteiger partial charge < -0.3 is 10.0 Å². The molecule has 3 heteroatoms. The number of hydrogen-bond acceptors (Lipinski definition) is 2. The molecular formula is C22H33NO2. The van der Waals surface area contributed by atoms with Gasteiger partial charge in [0.05, 0.1) is 12.5 Å². The summed E-state index contributed by atoms with van der Waals surface area (Å²) in [4.78, 5) is 14.3. The van der Waals surface area contributed by atoms with Crippen LogP contribution < -0.4 is 0 Å². The van der Waals surface area contributed by atoms with Gasteiger partial charge in [0.15, 0.2) is 0 Å². The predicted molar refractivity (Wildman–Crippen MR) is 102 cm³/mol. The molecule has 0 radical (unpaired) electrons. The number of aliphatic hydroxyl groups is 1. The number of hydrogen-bond donors (Lipinski definition) is 1. The molecule has 3 nitrogen and oxygen atoms in total. The zero-order valence-corrected chi connectivity index (χ0v) is 16.0. The van der Waals surface area contributed by atoms with Gasteiger partial charge in [0.1, 0.15) is 0 Å². The van der Waals surface area contributed by atoms with E-state index >= 15 is 0 Å². The van der Waals surface area contributed by atoms with E-state index in [-0.39, 0.29) is 18.4 Å². The molecule has 1 aromatic carbocycles. The first kappa shape index (κ1) is 18.4. The first-order valence-electron chi connectivity index (χ1n) is 9.97. The van der Waals surface area contributed by atoms with E-state index in [0.29, 0.717) is 17.3 Å². The molecule has 0 aromatic heterocycles. The second-order valence-electron chi connectivity index (χ2n) is 8.58. The van der Waals surface area contributed by atoms with Crippen LogP contribution in [0, 0.1) is 11.3 Å². The third kappa shape index (κ3) is 3.76. The fourth-order valence-electron chi connectivity index (χ4n) is 4.61. The van der Waals surface area contributed by atoms with Crippen LogP contribution in [0.15, 0.2) is 24.3 Å². The lowest BCUT2D eigenvalue weighted by molar-refractivity contribution is -0.151. The maximum Gasteiger partial charge on any atom is 0.228 e. The van der Waals surface area contributed by atoms with Crippen molar-refractivity contribution in [2.24, 2.45) is 11.3 Å². The van der Waals surface area contributed by atoms with Crippen LogP contribution in [0.3, 0.4) is 0 Å².